The molecule has 0 spiro atoms. The van der Waals surface area contributed by atoms with Crippen LogP contribution in [-0.4, -0.2) is 33.6 Å². The van der Waals surface area contributed by atoms with E-state index in [9.17, 15) is 4.39 Å². The maximum absolute atomic E-state index is 13.2. The van der Waals surface area contributed by atoms with Gasteiger partial charge in [-0.25, -0.2) is 4.39 Å². The normalized spacial score (nSPS) is 21.0. The summed E-state index contributed by atoms with van der Waals surface area (Å²) in [6.07, 6.45) is 0.719. The summed E-state index contributed by atoms with van der Waals surface area (Å²) in [7, 11) is 0. The molecule has 4 rings (SSSR count). The highest BCUT2D eigenvalue weighted by atomic mass is 19.1. The largest absolute Gasteiger partial charge is 0.380 e. The van der Waals surface area contributed by atoms with Crippen LogP contribution in [0.1, 0.15) is 23.5 Å². The number of aryl methyl sites for hydroxylation is 1. The van der Waals surface area contributed by atoms with Gasteiger partial charge in [0.1, 0.15) is 5.82 Å². The number of hydrogen-bond donors (Lipinski definition) is 1. The van der Waals surface area contributed by atoms with Crippen molar-refractivity contribution < 1.29 is 13.7 Å². The molecule has 1 saturated heterocycles. The van der Waals surface area contributed by atoms with E-state index in [2.05, 4.69) is 20.3 Å². The SMILES string of the molecule is Cc1cc(-c2nc(C3(c4ccc(F)cc4)CCOC3)no2)n[nH]1. The predicted molar refractivity (Wildman–Crippen MR) is 79.2 cm³/mol. The molecule has 0 aliphatic carbocycles. The molecular weight excluding hydrogens is 299 g/mol. The highest BCUT2D eigenvalue weighted by molar-refractivity contribution is 5.47. The molecule has 1 unspecified atom stereocenters. The van der Waals surface area contributed by atoms with E-state index in [0.29, 0.717) is 30.6 Å². The molecule has 2 aromatic heterocycles. The number of rotatable bonds is 3. The molecular formula is C16H15FN4O2. The van der Waals surface area contributed by atoms with E-state index in [1.807, 2.05) is 13.0 Å². The average Bonchev–Trinajstić information content (AvgIpc) is 3.27. The van der Waals surface area contributed by atoms with Crippen LogP contribution in [0, 0.1) is 12.7 Å². The number of benzene rings is 1. The Kier molecular flexibility index (Phi) is 3.23. The molecule has 1 fully saturated rings. The quantitative estimate of drug-likeness (QED) is 0.804. The van der Waals surface area contributed by atoms with Gasteiger partial charge in [0.2, 0.25) is 0 Å². The van der Waals surface area contributed by atoms with Gasteiger partial charge in [0, 0.05) is 12.3 Å². The van der Waals surface area contributed by atoms with Crippen molar-refractivity contribution in [3.63, 3.8) is 0 Å². The highest BCUT2D eigenvalue weighted by Crippen LogP contribution is 2.38. The van der Waals surface area contributed by atoms with Crippen molar-refractivity contribution >= 4 is 0 Å². The lowest BCUT2D eigenvalue weighted by molar-refractivity contribution is 0.182. The first-order valence-electron chi connectivity index (χ1n) is 7.38. The lowest BCUT2D eigenvalue weighted by atomic mass is 9.79. The summed E-state index contributed by atoms with van der Waals surface area (Å²) in [5.74, 6) is 0.624. The van der Waals surface area contributed by atoms with E-state index in [4.69, 9.17) is 9.26 Å². The molecule has 23 heavy (non-hydrogen) atoms. The molecule has 1 N–H and O–H groups in total. The van der Waals surface area contributed by atoms with Gasteiger partial charge < -0.3 is 9.26 Å². The Balaban J connectivity index is 1.76. The number of ether oxygens (including phenoxy) is 1. The summed E-state index contributed by atoms with van der Waals surface area (Å²) in [6.45, 7) is 2.94. The summed E-state index contributed by atoms with van der Waals surface area (Å²) in [5.41, 5.74) is 1.93. The second-order valence-corrected chi connectivity index (χ2v) is 5.75. The third-order valence-electron chi connectivity index (χ3n) is 4.20. The third kappa shape index (κ3) is 2.33. The molecule has 1 aromatic carbocycles. The molecule has 3 heterocycles. The first-order valence-corrected chi connectivity index (χ1v) is 7.38. The van der Waals surface area contributed by atoms with Crippen LogP contribution in [0.25, 0.3) is 11.6 Å². The van der Waals surface area contributed by atoms with Crippen LogP contribution < -0.4 is 0 Å². The van der Waals surface area contributed by atoms with Crippen molar-refractivity contribution in [2.45, 2.75) is 18.8 Å². The number of aromatic nitrogens is 4. The van der Waals surface area contributed by atoms with Crippen LogP contribution in [0.3, 0.4) is 0 Å². The van der Waals surface area contributed by atoms with Gasteiger partial charge in [0.15, 0.2) is 11.5 Å². The number of nitrogens with zero attached hydrogens (tertiary/aromatic N) is 3. The Morgan fingerprint density at radius 2 is 2.09 bits per heavy atom. The predicted octanol–water partition coefficient (Wildman–Crippen LogP) is 2.61. The monoisotopic (exact) mass is 314 g/mol. The molecule has 1 aliphatic rings. The van der Waals surface area contributed by atoms with E-state index < -0.39 is 5.41 Å². The van der Waals surface area contributed by atoms with Crippen molar-refractivity contribution in [3.05, 3.63) is 53.2 Å². The highest BCUT2D eigenvalue weighted by Gasteiger charge is 2.43. The first kappa shape index (κ1) is 14.1. The lowest BCUT2D eigenvalue weighted by Gasteiger charge is -2.23. The Labute approximate surface area is 131 Å². The van der Waals surface area contributed by atoms with Gasteiger partial charge >= 0.3 is 0 Å². The van der Waals surface area contributed by atoms with E-state index in [-0.39, 0.29) is 5.82 Å². The molecule has 0 radical (unpaired) electrons. The molecule has 1 aliphatic heterocycles. The summed E-state index contributed by atoms with van der Waals surface area (Å²) >= 11 is 0. The zero-order valence-electron chi connectivity index (χ0n) is 12.5. The fraction of sp³-hybridized carbons (Fsp3) is 0.312. The zero-order valence-corrected chi connectivity index (χ0v) is 12.5. The van der Waals surface area contributed by atoms with Gasteiger partial charge in [-0.05, 0) is 37.1 Å². The minimum atomic E-state index is -0.513. The maximum Gasteiger partial charge on any atom is 0.278 e. The van der Waals surface area contributed by atoms with E-state index in [1.165, 1.54) is 12.1 Å². The molecule has 1 atom stereocenters. The van der Waals surface area contributed by atoms with Gasteiger partial charge in [-0.2, -0.15) is 10.1 Å². The summed E-state index contributed by atoms with van der Waals surface area (Å²) in [5, 5.41) is 11.1. The number of aromatic amines is 1. The minimum absolute atomic E-state index is 0.274. The van der Waals surface area contributed by atoms with Gasteiger partial charge in [0.05, 0.1) is 12.0 Å². The molecule has 0 bridgehead atoms. The summed E-state index contributed by atoms with van der Waals surface area (Å²) in [6, 6.07) is 8.21. The van der Waals surface area contributed by atoms with E-state index in [0.717, 1.165) is 17.7 Å². The van der Waals surface area contributed by atoms with Crippen molar-refractivity contribution in [1.82, 2.24) is 20.3 Å². The van der Waals surface area contributed by atoms with Crippen molar-refractivity contribution in [2.75, 3.05) is 13.2 Å². The number of hydrogen-bond acceptors (Lipinski definition) is 5. The number of H-pyrrole nitrogens is 1. The first-order chi connectivity index (χ1) is 11.2. The fourth-order valence-corrected chi connectivity index (χ4v) is 2.92. The third-order valence-corrected chi connectivity index (χ3v) is 4.20. The Hall–Kier alpha value is -2.54. The molecule has 0 amide bonds. The van der Waals surface area contributed by atoms with E-state index >= 15 is 0 Å². The van der Waals surface area contributed by atoms with Crippen molar-refractivity contribution in [1.29, 1.82) is 0 Å². The molecule has 6 nitrogen and oxygen atoms in total. The van der Waals surface area contributed by atoms with E-state index in [1.54, 1.807) is 12.1 Å². The van der Waals surface area contributed by atoms with Crippen LogP contribution in [0.4, 0.5) is 4.39 Å². The Morgan fingerprint density at radius 3 is 2.74 bits per heavy atom. The van der Waals surface area contributed by atoms with Crippen molar-refractivity contribution in [3.8, 4) is 11.6 Å². The lowest BCUT2D eigenvalue weighted by Crippen LogP contribution is -2.29. The van der Waals surface area contributed by atoms with Gasteiger partial charge in [-0.15, -0.1) is 0 Å². The molecule has 7 heteroatoms. The maximum atomic E-state index is 13.2. The van der Waals surface area contributed by atoms with Crippen LogP contribution in [-0.2, 0) is 10.2 Å². The topological polar surface area (TPSA) is 76.8 Å². The smallest absolute Gasteiger partial charge is 0.278 e. The molecule has 3 aromatic rings. The van der Waals surface area contributed by atoms with Crippen LogP contribution >= 0.6 is 0 Å². The minimum Gasteiger partial charge on any atom is -0.380 e. The van der Waals surface area contributed by atoms with Gasteiger partial charge in [-0.3, -0.25) is 5.10 Å². The number of halogens is 1. The second kappa shape index (κ2) is 5.27. The standard InChI is InChI=1S/C16H15FN4O2/c1-10-8-13(20-19-10)14-18-15(21-23-14)16(6-7-22-9-16)11-2-4-12(17)5-3-11/h2-5,8H,6-7,9H2,1H3,(H,19,20). The Morgan fingerprint density at radius 1 is 1.26 bits per heavy atom. The van der Waals surface area contributed by atoms with Crippen LogP contribution in [0.5, 0.6) is 0 Å². The van der Waals surface area contributed by atoms with Gasteiger partial charge in [-0.1, -0.05) is 17.3 Å². The summed E-state index contributed by atoms with van der Waals surface area (Å²) < 4.78 is 24.2. The molecule has 0 saturated carbocycles. The second-order valence-electron chi connectivity index (χ2n) is 5.75. The number of nitrogens with one attached hydrogen (secondary N) is 1. The summed E-state index contributed by atoms with van der Waals surface area (Å²) in [4.78, 5) is 4.51. The van der Waals surface area contributed by atoms with Gasteiger partial charge in [0.25, 0.3) is 5.89 Å². The van der Waals surface area contributed by atoms with Crippen LogP contribution in [0.2, 0.25) is 0 Å². The van der Waals surface area contributed by atoms with Crippen molar-refractivity contribution in [2.24, 2.45) is 0 Å². The average molecular weight is 314 g/mol. The zero-order chi connectivity index (χ0) is 15.9. The molecule has 118 valence electrons. The van der Waals surface area contributed by atoms with Crippen LogP contribution in [0.15, 0.2) is 34.9 Å². The fourth-order valence-electron chi connectivity index (χ4n) is 2.92. The Bertz CT molecular complexity index is 819.